The number of esters is 1. The van der Waals surface area contributed by atoms with Gasteiger partial charge in [0.1, 0.15) is 28.6 Å². The van der Waals surface area contributed by atoms with E-state index >= 15 is 0 Å². The molecule has 0 amide bonds. The Bertz CT molecular complexity index is 1470. The lowest BCUT2D eigenvalue weighted by molar-refractivity contribution is -0.154. The first-order chi connectivity index (χ1) is 17.1. The fourth-order valence-electron chi connectivity index (χ4n) is 3.31. The van der Waals surface area contributed by atoms with Crippen LogP contribution in [0.15, 0.2) is 69.9 Å². The highest BCUT2D eigenvalue weighted by Gasteiger charge is 2.40. The molecule has 1 aromatic heterocycles. The summed E-state index contributed by atoms with van der Waals surface area (Å²) in [5.74, 6) is -2.86. The van der Waals surface area contributed by atoms with Gasteiger partial charge in [-0.05, 0) is 43.3 Å². The number of methoxy groups -OCH3 is 2. The molecular weight excluding hydrogens is 481 g/mol. The van der Waals surface area contributed by atoms with Gasteiger partial charge in [0.05, 0.1) is 25.2 Å². The van der Waals surface area contributed by atoms with Crippen LogP contribution in [0.5, 0.6) is 28.7 Å². The average Bonchev–Trinajstić information content (AvgIpc) is 2.85. The number of alkyl halides is 3. The molecule has 0 saturated heterocycles. The molecule has 4 aromatic rings. The van der Waals surface area contributed by atoms with Gasteiger partial charge in [-0.2, -0.15) is 13.2 Å². The van der Waals surface area contributed by atoms with E-state index in [0.29, 0.717) is 11.5 Å². The van der Waals surface area contributed by atoms with Gasteiger partial charge >= 0.3 is 12.1 Å². The molecule has 1 heterocycles. The average molecular weight is 500 g/mol. The summed E-state index contributed by atoms with van der Waals surface area (Å²) in [5, 5.41) is -0.187. The van der Waals surface area contributed by atoms with E-state index in [1.165, 1.54) is 50.6 Å². The van der Waals surface area contributed by atoms with Gasteiger partial charge in [-0.1, -0.05) is 17.7 Å². The minimum Gasteiger partial charge on any atom is -0.497 e. The zero-order chi connectivity index (χ0) is 26.0. The van der Waals surface area contributed by atoms with Crippen molar-refractivity contribution in [3.05, 3.63) is 87.8 Å². The second-order valence-corrected chi connectivity index (χ2v) is 7.65. The Morgan fingerprint density at radius 3 is 2.03 bits per heavy atom. The molecule has 0 atom stereocenters. The first kappa shape index (κ1) is 24.6. The van der Waals surface area contributed by atoms with Crippen LogP contribution < -0.4 is 24.4 Å². The number of benzene rings is 3. The van der Waals surface area contributed by atoms with Crippen LogP contribution >= 0.6 is 0 Å². The highest BCUT2D eigenvalue weighted by Crippen LogP contribution is 2.38. The lowest BCUT2D eigenvalue weighted by atomic mass is 10.2. The predicted molar refractivity (Wildman–Crippen MR) is 123 cm³/mol. The van der Waals surface area contributed by atoms with Crippen LogP contribution in [0, 0.1) is 6.92 Å². The van der Waals surface area contributed by atoms with E-state index in [-0.39, 0.29) is 22.4 Å². The van der Waals surface area contributed by atoms with Crippen molar-refractivity contribution in [3.63, 3.8) is 0 Å². The van der Waals surface area contributed by atoms with Gasteiger partial charge in [0, 0.05) is 12.1 Å². The van der Waals surface area contributed by atoms with Gasteiger partial charge in [0.15, 0.2) is 0 Å². The molecule has 0 spiro atoms. The largest absolute Gasteiger partial charge is 0.497 e. The van der Waals surface area contributed by atoms with Gasteiger partial charge < -0.3 is 23.4 Å². The third kappa shape index (κ3) is 5.12. The highest BCUT2D eigenvalue weighted by atomic mass is 19.4. The van der Waals surface area contributed by atoms with Crippen LogP contribution in [0.25, 0.3) is 11.0 Å². The number of fused-ring (bicyclic) bond motifs is 1. The van der Waals surface area contributed by atoms with Crippen LogP contribution in [0.4, 0.5) is 13.2 Å². The Labute approximate surface area is 202 Å². The van der Waals surface area contributed by atoms with Crippen molar-refractivity contribution in [1.29, 1.82) is 0 Å². The van der Waals surface area contributed by atoms with Crippen molar-refractivity contribution < 1.29 is 41.3 Å². The molecule has 186 valence electrons. The normalized spacial score (nSPS) is 11.3. The molecule has 0 radical (unpaired) electrons. The number of hydrogen-bond donors (Lipinski definition) is 0. The Hall–Kier alpha value is -4.47. The second-order valence-electron chi connectivity index (χ2n) is 7.65. The summed E-state index contributed by atoms with van der Waals surface area (Å²) in [4.78, 5) is 25.6. The Morgan fingerprint density at radius 1 is 0.833 bits per heavy atom. The van der Waals surface area contributed by atoms with Gasteiger partial charge in [-0.3, -0.25) is 4.79 Å². The fourth-order valence-corrected chi connectivity index (χ4v) is 3.31. The van der Waals surface area contributed by atoms with E-state index in [0.717, 1.165) is 11.6 Å². The molecule has 0 bridgehead atoms. The van der Waals surface area contributed by atoms with Gasteiger partial charge in [-0.25, -0.2) is 4.79 Å². The SMILES string of the molecule is COc1cc(OC)cc(C(=O)Oc2ccc3c(=O)c(Oc4ccc(C)cc4)c(C(F)(F)F)oc3c2)c1. The van der Waals surface area contributed by atoms with E-state index in [4.69, 9.17) is 23.4 Å². The monoisotopic (exact) mass is 500 g/mol. The topological polar surface area (TPSA) is 84.2 Å². The standard InChI is InChI=1S/C26H19F3O7/c1-14-4-6-16(7-5-14)34-23-22(30)20-9-8-17(13-21(20)36-24(23)26(27,28)29)35-25(31)15-10-18(32-2)12-19(11-15)33-3/h4-13H,1-3H3. The third-order valence-corrected chi connectivity index (χ3v) is 5.12. The van der Waals surface area contributed by atoms with Crippen molar-refractivity contribution in [3.8, 4) is 28.7 Å². The Balaban J connectivity index is 1.73. The van der Waals surface area contributed by atoms with Gasteiger partial charge in [-0.15, -0.1) is 0 Å². The highest BCUT2D eigenvalue weighted by molar-refractivity contribution is 5.92. The summed E-state index contributed by atoms with van der Waals surface area (Å²) in [6, 6.07) is 14.0. The number of carbonyl (C=O) groups is 1. The third-order valence-electron chi connectivity index (χ3n) is 5.12. The number of carbonyl (C=O) groups excluding carboxylic acids is 1. The fraction of sp³-hybridized carbons (Fsp3) is 0.154. The molecule has 0 unspecified atom stereocenters. The molecule has 3 aromatic carbocycles. The Morgan fingerprint density at radius 2 is 1.44 bits per heavy atom. The number of ether oxygens (including phenoxy) is 4. The molecular formula is C26H19F3O7. The lowest BCUT2D eigenvalue weighted by Gasteiger charge is -2.14. The molecule has 0 fully saturated rings. The van der Waals surface area contributed by atoms with Gasteiger partial charge in [0.2, 0.25) is 11.2 Å². The molecule has 36 heavy (non-hydrogen) atoms. The lowest BCUT2D eigenvalue weighted by Crippen LogP contribution is -2.15. The minimum atomic E-state index is -5.03. The molecule has 0 aliphatic rings. The molecule has 4 rings (SSSR count). The Kier molecular flexibility index (Phi) is 6.61. The molecule has 0 saturated carbocycles. The number of rotatable bonds is 6. The summed E-state index contributed by atoms with van der Waals surface area (Å²) in [6.07, 6.45) is -5.03. The van der Waals surface area contributed by atoms with E-state index in [1.807, 2.05) is 0 Å². The number of aryl methyl sites for hydroxylation is 1. The molecule has 0 N–H and O–H groups in total. The summed E-state index contributed by atoms with van der Waals surface area (Å²) >= 11 is 0. The number of halogens is 3. The van der Waals surface area contributed by atoms with Crippen LogP contribution in [-0.4, -0.2) is 20.2 Å². The maximum Gasteiger partial charge on any atom is 0.453 e. The summed E-state index contributed by atoms with van der Waals surface area (Å²) in [6.45, 7) is 1.80. The molecule has 0 aliphatic heterocycles. The predicted octanol–water partition coefficient (Wildman–Crippen LogP) is 6.15. The van der Waals surface area contributed by atoms with Crippen molar-refractivity contribution in [2.45, 2.75) is 13.1 Å². The van der Waals surface area contributed by atoms with Gasteiger partial charge in [0.25, 0.3) is 5.76 Å². The first-order valence-electron chi connectivity index (χ1n) is 10.5. The molecule has 10 heteroatoms. The van der Waals surface area contributed by atoms with Crippen LogP contribution in [0.1, 0.15) is 21.7 Å². The quantitative estimate of drug-likeness (QED) is 0.232. The maximum atomic E-state index is 13.8. The van der Waals surface area contributed by atoms with Crippen LogP contribution in [0.2, 0.25) is 0 Å². The number of hydrogen-bond acceptors (Lipinski definition) is 7. The second kappa shape index (κ2) is 9.65. The first-order valence-corrected chi connectivity index (χ1v) is 10.5. The van der Waals surface area contributed by atoms with E-state index in [2.05, 4.69) is 0 Å². The van der Waals surface area contributed by atoms with Crippen molar-refractivity contribution in [1.82, 2.24) is 0 Å². The van der Waals surface area contributed by atoms with E-state index < -0.39 is 34.7 Å². The van der Waals surface area contributed by atoms with Crippen LogP contribution in [0.3, 0.4) is 0 Å². The van der Waals surface area contributed by atoms with Crippen molar-refractivity contribution in [2.75, 3.05) is 14.2 Å². The summed E-state index contributed by atoms with van der Waals surface area (Å²) in [5.41, 5.74) is -0.527. The summed E-state index contributed by atoms with van der Waals surface area (Å²) < 4.78 is 67.2. The zero-order valence-corrected chi connectivity index (χ0v) is 19.3. The van der Waals surface area contributed by atoms with Crippen LogP contribution in [-0.2, 0) is 6.18 Å². The van der Waals surface area contributed by atoms with Crippen molar-refractivity contribution in [2.24, 2.45) is 0 Å². The maximum absolute atomic E-state index is 13.8. The smallest absolute Gasteiger partial charge is 0.453 e. The molecule has 7 nitrogen and oxygen atoms in total. The molecule has 0 aliphatic carbocycles. The van der Waals surface area contributed by atoms with E-state index in [9.17, 15) is 22.8 Å². The van der Waals surface area contributed by atoms with E-state index in [1.54, 1.807) is 25.1 Å². The minimum absolute atomic E-state index is 0.0389. The zero-order valence-electron chi connectivity index (χ0n) is 19.3. The summed E-state index contributed by atoms with van der Waals surface area (Å²) in [7, 11) is 2.81. The van der Waals surface area contributed by atoms with Crippen molar-refractivity contribution >= 4 is 16.9 Å².